The maximum Gasteiger partial charge on any atom is 0.0719 e. The molecule has 1 aliphatic rings. The molecule has 0 bridgehead atoms. The molecule has 5 nitrogen and oxygen atoms in total. The van der Waals surface area contributed by atoms with Gasteiger partial charge >= 0.3 is 0 Å². The number of nitrogen functional groups attached to an aromatic ring is 1. The Labute approximate surface area is 96.8 Å². The van der Waals surface area contributed by atoms with Gasteiger partial charge in [-0.25, -0.2) is 0 Å². The summed E-state index contributed by atoms with van der Waals surface area (Å²) in [5.41, 5.74) is 6.37. The fourth-order valence-electron chi connectivity index (χ4n) is 2.07. The molecule has 1 saturated heterocycles. The highest BCUT2D eigenvalue weighted by Gasteiger charge is 2.14. The molecular formula is C11H21N5. The van der Waals surface area contributed by atoms with Gasteiger partial charge < -0.3 is 10.6 Å². The summed E-state index contributed by atoms with van der Waals surface area (Å²) >= 11 is 0. The van der Waals surface area contributed by atoms with Crippen molar-refractivity contribution >= 4 is 5.69 Å². The van der Waals surface area contributed by atoms with E-state index in [-0.39, 0.29) is 0 Å². The summed E-state index contributed by atoms with van der Waals surface area (Å²) in [5, 5.41) is 4.19. The number of hydrogen-bond acceptors (Lipinski definition) is 4. The minimum absolute atomic E-state index is 0.746. The highest BCUT2D eigenvalue weighted by molar-refractivity contribution is 5.30. The van der Waals surface area contributed by atoms with E-state index >= 15 is 0 Å². The van der Waals surface area contributed by atoms with E-state index in [1.165, 1.54) is 32.7 Å². The predicted molar refractivity (Wildman–Crippen MR) is 65.2 cm³/mol. The number of anilines is 1. The summed E-state index contributed by atoms with van der Waals surface area (Å²) in [7, 11) is 0. The van der Waals surface area contributed by atoms with Crippen molar-refractivity contribution in [3.8, 4) is 0 Å². The second-order valence-electron chi connectivity index (χ2n) is 4.31. The van der Waals surface area contributed by atoms with Crippen LogP contribution >= 0.6 is 0 Å². The Balaban J connectivity index is 1.71. The first-order chi connectivity index (χ1) is 7.78. The third-order valence-corrected chi connectivity index (χ3v) is 3.21. The van der Waals surface area contributed by atoms with Gasteiger partial charge in [-0.3, -0.25) is 9.58 Å². The molecule has 16 heavy (non-hydrogen) atoms. The Hall–Kier alpha value is -1.07. The molecule has 2 N–H and O–H groups in total. The van der Waals surface area contributed by atoms with Crippen LogP contribution in [0.2, 0.25) is 0 Å². The van der Waals surface area contributed by atoms with E-state index < -0.39 is 0 Å². The molecule has 1 fully saturated rings. The second kappa shape index (κ2) is 5.32. The van der Waals surface area contributed by atoms with Crippen LogP contribution in [0.1, 0.15) is 6.92 Å². The van der Waals surface area contributed by atoms with Gasteiger partial charge in [0.1, 0.15) is 0 Å². The lowest BCUT2D eigenvalue weighted by atomic mass is 10.3. The smallest absolute Gasteiger partial charge is 0.0719 e. The maximum absolute atomic E-state index is 5.62. The molecule has 1 aromatic heterocycles. The number of nitrogens with zero attached hydrogens (tertiary/aromatic N) is 4. The van der Waals surface area contributed by atoms with Crippen molar-refractivity contribution in [2.45, 2.75) is 13.5 Å². The van der Waals surface area contributed by atoms with Crippen molar-refractivity contribution in [2.75, 3.05) is 45.0 Å². The van der Waals surface area contributed by atoms with E-state index in [1.807, 2.05) is 10.9 Å². The Morgan fingerprint density at radius 2 is 1.88 bits per heavy atom. The molecule has 0 amide bonds. The van der Waals surface area contributed by atoms with Gasteiger partial charge in [-0.1, -0.05) is 6.92 Å². The highest BCUT2D eigenvalue weighted by atomic mass is 15.3. The highest BCUT2D eigenvalue weighted by Crippen LogP contribution is 2.02. The Bertz CT molecular complexity index is 314. The van der Waals surface area contributed by atoms with Crippen LogP contribution in [0.4, 0.5) is 5.69 Å². The SMILES string of the molecule is CCN1CCN(CCn2cc(N)cn2)CC1. The minimum Gasteiger partial charge on any atom is -0.396 e. The van der Waals surface area contributed by atoms with E-state index in [0.29, 0.717) is 0 Å². The zero-order chi connectivity index (χ0) is 11.4. The molecule has 2 heterocycles. The van der Waals surface area contributed by atoms with Gasteiger partial charge in [-0.05, 0) is 6.54 Å². The van der Waals surface area contributed by atoms with Crippen LogP contribution in [-0.2, 0) is 6.54 Å². The molecule has 0 saturated carbocycles. The van der Waals surface area contributed by atoms with Crippen molar-refractivity contribution in [1.29, 1.82) is 0 Å². The third-order valence-electron chi connectivity index (χ3n) is 3.21. The lowest BCUT2D eigenvalue weighted by Gasteiger charge is -2.33. The van der Waals surface area contributed by atoms with Crippen LogP contribution in [-0.4, -0.2) is 58.8 Å². The lowest BCUT2D eigenvalue weighted by Crippen LogP contribution is -2.46. The van der Waals surface area contributed by atoms with E-state index in [0.717, 1.165) is 18.8 Å². The topological polar surface area (TPSA) is 50.3 Å². The lowest BCUT2D eigenvalue weighted by molar-refractivity contribution is 0.133. The zero-order valence-electron chi connectivity index (χ0n) is 9.97. The summed E-state index contributed by atoms with van der Waals surface area (Å²) < 4.78 is 1.92. The van der Waals surface area contributed by atoms with Crippen molar-refractivity contribution < 1.29 is 0 Å². The van der Waals surface area contributed by atoms with Gasteiger partial charge in [0.05, 0.1) is 18.4 Å². The molecule has 0 spiro atoms. The number of likely N-dealkylation sites (N-methyl/N-ethyl adjacent to an activating group) is 1. The van der Waals surface area contributed by atoms with Gasteiger partial charge in [0, 0.05) is 38.9 Å². The Morgan fingerprint density at radius 3 is 2.44 bits per heavy atom. The largest absolute Gasteiger partial charge is 0.396 e. The molecule has 5 heteroatoms. The van der Waals surface area contributed by atoms with E-state index in [2.05, 4.69) is 21.8 Å². The average Bonchev–Trinajstić information content (AvgIpc) is 2.73. The van der Waals surface area contributed by atoms with Crippen LogP contribution in [0.25, 0.3) is 0 Å². The third kappa shape index (κ3) is 2.96. The number of hydrogen-bond donors (Lipinski definition) is 1. The molecular weight excluding hydrogens is 202 g/mol. The van der Waals surface area contributed by atoms with Gasteiger partial charge in [0.25, 0.3) is 0 Å². The molecule has 2 rings (SSSR count). The van der Waals surface area contributed by atoms with Gasteiger partial charge in [0.2, 0.25) is 0 Å². The summed E-state index contributed by atoms with van der Waals surface area (Å²) in [6, 6.07) is 0. The van der Waals surface area contributed by atoms with Gasteiger partial charge in [-0.2, -0.15) is 5.10 Å². The molecule has 1 aliphatic heterocycles. The van der Waals surface area contributed by atoms with Crippen molar-refractivity contribution in [3.05, 3.63) is 12.4 Å². The zero-order valence-corrected chi connectivity index (χ0v) is 9.97. The first-order valence-electron chi connectivity index (χ1n) is 6.00. The van der Waals surface area contributed by atoms with Crippen LogP contribution in [0.5, 0.6) is 0 Å². The molecule has 1 aromatic rings. The number of nitrogens with two attached hydrogens (primary N) is 1. The fourth-order valence-corrected chi connectivity index (χ4v) is 2.07. The molecule has 0 atom stereocenters. The summed E-state index contributed by atoms with van der Waals surface area (Å²) in [5.74, 6) is 0. The summed E-state index contributed by atoms with van der Waals surface area (Å²) in [4.78, 5) is 4.98. The van der Waals surface area contributed by atoms with Crippen molar-refractivity contribution in [1.82, 2.24) is 19.6 Å². The Kier molecular flexibility index (Phi) is 3.79. The van der Waals surface area contributed by atoms with Crippen LogP contribution < -0.4 is 5.73 Å². The van der Waals surface area contributed by atoms with Gasteiger partial charge in [-0.15, -0.1) is 0 Å². The molecule has 0 radical (unpaired) electrons. The standard InChI is InChI=1S/C11H21N5/c1-2-14-3-5-15(6-4-14)7-8-16-10-11(12)9-13-16/h9-10H,2-8,12H2,1H3. The number of piperazine rings is 1. The molecule has 0 aromatic carbocycles. The Morgan fingerprint density at radius 1 is 1.19 bits per heavy atom. The number of rotatable bonds is 4. The molecule has 0 unspecified atom stereocenters. The van der Waals surface area contributed by atoms with Gasteiger partial charge in [0.15, 0.2) is 0 Å². The van der Waals surface area contributed by atoms with Crippen LogP contribution in [0, 0.1) is 0 Å². The predicted octanol–water partition coefficient (Wildman–Crippen LogP) is 0.103. The maximum atomic E-state index is 5.62. The quantitative estimate of drug-likeness (QED) is 0.787. The first kappa shape index (κ1) is 11.4. The monoisotopic (exact) mass is 223 g/mol. The normalized spacial score (nSPS) is 19.1. The minimum atomic E-state index is 0.746. The molecule has 0 aliphatic carbocycles. The van der Waals surface area contributed by atoms with E-state index in [1.54, 1.807) is 6.20 Å². The van der Waals surface area contributed by atoms with Crippen molar-refractivity contribution in [2.24, 2.45) is 0 Å². The van der Waals surface area contributed by atoms with E-state index in [9.17, 15) is 0 Å². The number of aromatic nitrogens is 2. The summed E-state index contributed by atoms with van der Waals surface area (Å²) in [6.07, 6.45) is 3.59. The first-order valence-corrected chi connectivity index (χ1v) is 6.00. The molecule has 90 valence electrons. The second-order valence-corrected chi connectivity index (χ2v) is 4.31. The van der Waals surface area contributed by atoms with Crippen molar-refractivity contribution in [3.63, 3.8) is 0 Å². The van der Waals surface area contributed by atoms with E-state index in [4.69, 9.17) is 5.73 Å². The fraction of sp³-hybridized carbons (Fsp3) is 0.727. The average molecular weight is 223 g/mol. The summed E-state index contributed by atoms with van der Waals surface area (Å²) in [6.45, 7) is 10.1. The van der Waals surface area contributed by atoms with Crippen LogP contribution in [0.3, 0.4) is 0 Å². The van der Waals surface area contributed by atoms with Crippen LogP contribution in [0.15, 0.2) is 12.4 Å².